The molecule has 0 aliphatic carbocycles. The lowest BCUT2D eigenvalue weighted by Gasteiger charge is -2.36. The first-order valence-corrected chi connectivity index (χ1v) is 7.39. The van der Waals surface area contributed by atoms with E-state index in [1.165, 1.54) is 0 Å². The van der Waals surface area contributed by atoms with Crippen molar-refractivity contribution in [1.82, 2.24) is 0 Å². The Kier molecular flexibility index (Phi) is 6.03. The number of hydrogen-bond donors (Lipinski definition) is 1. The molecule has 0 bridgehead atoms. The van der Waals surface area contributed by atoms with Crippen LogP contribution in [0.4, 0.5) is 0 Å². The molecule has 0 aliphatic heterocycles. The van der Waals surface area contributed by atoms with Crippen LogP contribution in [0.2, 0.25) is 5.02 Å². The van der Waals surface area contributed by atoms with Crippen LogP contribution in [0, 0.1) is 11.8 Å². The summed E-state index contributed by atoms with van der Waals surface area (Å²) in [7, 11) is 0. The second-order valence-electron chi connectivity index (χ2n) is 5.26. The Labute approximate surface area is 125 Å². The van der Waals surface area contributed by atoms with Crippen LogP contribution in [0.1, 0.15) is 39.7 Å². The normalized spacial score (nSPS) is 15.8. The minimum Gasteiger partial charge on any atom is -0.466 e. The highest BCUT2D eigenvalue weighted by atomic mass is 35.5. The summed E-state index contributed by atoms with van der Waals surface area (Å²) in [6, 6.07) is 6.97. The quantitative estimate of drug-likeness (QED) is 0.813. The first-order valence-electron chi connectivity index (χ1n) is 7.01. The molecule has 0 heterocycles. The van der Waals surface area contributed by atoms with Crippen LogP contribution in [-0.4, -0.2) is 17.7 Å². The molecule has 20 heavy (non-hydrogen) atoms. The summed E-state index contributed by atoms with van der Waals surface area (Å²) in [4.78, 5) is 12.2. The Bertz CT molecular complexity index is 442. The predicted molar refractivity (Wildman–Crippen MR) is 80.6 cm³/mol. The fourth-order valence-electron chi connectivity index (χ4n) is 2.59. The zero-order valence-electron chi connectivity index (χ0n) is 12.5. The summed E-state index contributed by atoms with van der Waals surface area (Å²) < 4.78 is 5.13. The van der Waals surface area contributed by atoms with Gasteiger partial charge in [0.25, 0.3) is 0 Å². The molecule has 1 rings (SSSR count). The van der Waals surface area contributed by atoms with Crippen molar-refractivity contribution in [3.63, 3.8) is 0 Å². The van der Waals surface area contributed by atoms with E-state index in [2.05, 4.69) is 0 Å². The van der Waals surface area contributed by atoms with Gasteiger partial charge in [-0.05, 0) is 37.0 Å². The molecule has 0 fully saturated rings. The minimum absolute atomic E-state index is 0.0327. The third-order valence-corrected chi connectivity index (χ3v) is 3.86. The van der Waals surface area contributed by atoms with Crippen molar-refractivity contribution < 1.29 is 14.6 Å². The van der Waals surface area contributed by atoms with Crippen molar-refractivity contribution in [3.05, 3.63) is 34.9 Å². The Morgan fingerprint density at radius 3 is 2.25 bits per heavy atom. The fourth-order valence-corrected chi connectivity index (χ4v) is 2.72. The van der Waals surface area contributed by atoms with E-state index in [-0.39, 0.29) is 11.9 Å². The van der Waals surface area contributed by atoms with E-state index >= 15 is 0 Å². The SMILES string of the molecule is CCOC(=O)C(C(C)C)C(O)(CC)c1ccc(Cl)cc1. The number of esters is 1. The van der Waals surface area contributed by atoms with Crippen molar-refractivity contribution >= 4 is 17.6 Å². The summed E-state index contributed by atoms with van der Waals surface area (Å²) >= 11 is 5.89. The van der Waals surface area contributed by atoms with Crippen LogP contribution in [0.3, 0.4) is 0 Å². The number of aliphatic hydroxyl groups is 1. The number of benzene rings is 1. The molecule has 1 N–H and O–H groups in total. The van der Waals surface area contributed by atoms with Gasteiger partial charge >= 0.3 is 5.97 Å². The van der Waals surface area contributed by atoms with E-state index in [0.717, 1.165) is 0 Å². The van der Waals surface area contributed by atoms with Crippen LogP contribution in [0.15, 0.2) is 24.3 Å². The van der Waals surface area contributed by atoms with Gasteiger partial charge in [0.15, 0.2) is 0 Å². The molecule has 0 spiro atoms. The fraction of sp³-hybridized carbons (Fsp3) is 0.562. The molecule has 2 unspecified atom stereocenters. The van der Waals surface area contributed by atoms with Gasteiger partial charge in [-0.3, -0.25) is 4.79 Å². The number of rotatable bonds is 6. The lowest BCUT2D eigenvalue weighted by molar-refractivity contribution is -0.163. The van der Waals surface area contributed by atoms with E-state index in [0.29, 0.717) is 23.6 Å². The van der Waals surface area contributed by atoms with Gasteiger partial charge in [-0.25, -0.2) is 0 Å². The molecule has 112 valence electrons. The molecule has 2 atom stereocenters. The highest BCUT2D eigenvalue weighted by Gasteiger charge is 2.44. The van der Waals surface area contributed by atoms with Gasteiger partial charge in [-0.15, -0.1) is 0 Å². The van der Waals surface area contributed by atoms with Gasteiger partial charge in [-0.2, -0.15) is 0 Å². The summed E-state index contributed by atoms with van der Waals surface area (Å²) in [6.45, 7) is 7.77. The Morgan fingerprint density at radius 2 is 1.85 bits per heavy atom. The van der Waals surface area contributed by atoms with E-state index in [1.54, 1.807) is 31.2 Å². The average molecular weight is 299 g/mol. The van der Waals surface area contributed by atoms with Crippen molar-refractivity contribution in [2.75, 3.05) is 6.61 Å². The number of ether oxygens (including phenoxy) is 1. The molecule has 1 aromatic carbocycles. The lowest BCUT2D eigenvalue weighted by atomic mass is 9.74. The summed E-state index contributed by atoms with van der Waals surface area (Å²) in [5.74, 6) is -0.995. The summed E-state index contributed by atoms with van der Waals surface area (Å²) in [5.41, 5.74) is -0.554. The second kappa shape index (κ2) is 7.09. The highest BCUT2D eigenvalue weighted by molar-refractivity contribution is 6.30. The van der Waals surface area contributed by atoms with Gasteiger partial charge < -0.3 is 9.84 Å². The van der Waals surface area contributed by atoms with Crippen LogP contribution >= 0.6 is 11.6 Å². The Morgan fingerprint density at radius 1 is 1.30 bits per heavy atom. The van der Waals surface area contributed by atoms with Crippen LogP contribution in [0.25, 0.3) is 0 Å². The van der Waals surface area contributed by atoms with Gasteiger partial charge in [0, 0.05) is 5.02 Å². The topological polar surface area (TPSA) is 46.5 Å². The zero-order chi connectivity index (χ0) is 15.3. The van der Waals surface area contributed by atoms with Crippen LogP contribution < -0.4 is 0 Å². The standard InChI is InChI=1S/C16H23ClO3/c1-5-16(19,12-7-9-13(17)10-8-12)14(11(3)4)15(18)20-6-2/h7-11,14,19H,5-6H2,1-4H3. The van der Waals surface area contributed by atoms with Crippen molar-refractivity contribution in [3.8, 4) is 0 Å². The van der Waals surface area contributed by atoms with Crippen molar-refractivity contribution in [1.29, 1.82) is 0 Å². The first kappa shape index (κ1) is 17.0. The zero-order valence-corrected chi connectivity index (χ0v) is 13.3. The van der Waals surface area contributed by atoms with Crippen LogP contribution in [-0.2, 0) is 15.1 Å². The largest absolute Gasteiger partial charge is 0.466 e. The smallest absolute Gasteiger partial charge is 0.312 e. The maximum absolute atomic E-state index is 12.2. The summed E-state index contributed by atoms with van der Waals surface area (Å²) in [6.07, 6.45) is 0.427. The molecule has 0 amide bonds. The number of halogens is 1. The van der Waals surface area contributed by atoms with Gasteiger partial charge in [-0.1, -0.05) is 44.5 Å². The highest BCUT2D eigenvalue weighted by Crippen LogP contribution is 2.38. The second-order valence-corrected chi connectivity index (χ2v) is 5.69. The van der Waals surface area contributed by atoms with E-state index < -0.39 is 11.5 Å². The predicted octanol–water partition coefficient (Wildman–Crippen LogP) is 3.77. The van der Waals surface area contributed by atoms with Crippen molar-refractivity contribution in [2.24, 2.45) is 11.8 Å². The average Bonchev–Trinajstić information content (AvgIpc) is 2.39. The van der Waals surface area contributed by atoms with Crippen LogP contribution in [0.5, 0.6) is 0 Å². The van der Waals surface area contributed by atoms with Gasteiger partial charge in [0.1, 0.15) is 5.60 Å². The lowest BCUT2D eigenvalue weighted by Crippen LogP contribution is -2.43. The van der Waals surface area contributed by atoms with E-state index in [4.69, 9.17) is 16.3 Å². The molecule has 3 nitrogen and oxygen atoms in total. The monoisotopic (exact) mass is 298 g/mol. The van der Waals surface area contributed by atoms with Crippen molar-refractivity contribution in [2.45, 2.75) is 39.7 Å². The molecule has 0 saturated carbocycles. The Hall–Kier alpha value is -1.06. The first-order chi connectivity index (χ1) is 9.36. The molecule has 0 radical (unpaired) electrons. The maximum Gasteiger partial charge on any atom is 0.312 e. The minimum atomic E-state index is -1.25. The molecular weight excluding hydrogens is 276 g/mol. The number of carbonyl (C=O) groups is 1. The van der Waals surface area contributed by atoms with Gasteiger partial charge in [0.2, 0.25) is 0 Å². The third kappa shape index (κ3) is 3.53. The molecule has 0 saturated heterocycles. The molecular formula is C16H23ClO3. The van der Waals surface area contributed by atoms with Gasteiger partial charge in [0.05, 0.1) is 12.5 Å². The summed E-state index contributed by atoms with van der Waals surface area (Å²) in [5, 5.41) is 11.7. The third-order valence-electron chi connectivity index (χ3n) is 3.60. The van der Waals surface area contributed by atoms with E-state index in [1.807, 2.05) is 20.8 Å². The molecule has 0 aliphatic rings. The van der Waals surface area contributed by atoms with E-state index in [9.17, 15) is 9.90 Å². The maximum atomic E-state index is 12.2. The molecule has 0 aromatic heterocycles. The molecule has 4 heteroatoms. The Balaban J connectivity index is 3.23. The number of carbonyl (C=O) groups excluding carboxylic acids is 1. The number of hydrogen-bond acceptors (Lipinski definition) is 3. The molecule has 1 aromatic rings.